The predicted octanol–water partition coefficient (Wildman–Crippen LogP) is 1.31. The zero-order valence-corrected chi connectivity index (χ0v) is 14.7. The molecule has 3 N–H and O–H groups in total. The molecule has 0 saturated carbocycles. The molecule has 0 unspecified atom stereocenters. The summed E-state index contributed by atoms with van der Waals surface area (Å²) in [4.78, 5) is 30.4. The molecular weight excluding hydrogens is 334 g/mol. The van der Waals surface area contributed by atoms with E-state index in [1.165, 1.54) is 6.20 Å². The molecule has 0 spiro atoms. The molecule has 136 valence electrons. The smallest absolute Gasteiger partial charge is 0.408 e. The van der Waals surface area contributed by atoms with Gasteiger partial charge in [-0.2, -0.15) is 0 Å². The fraction of sp³-hybridized carbons (Fsp3) is 0.278. The van der Waals surface area contributed by atoms with E-state index in [1.807, 2.05) is 19.0 Å². The van der Waals surface area contributed by atoms with Gasteiger partial charge < -0.3 is 20.4 Å². The van der Waals surface area contributed by atoms with Crippen molar-refractivity contribution < 1.29 is 9.21 Å². The number of rotatable bonds is 6. The van der Waals surface area contributed by atoms with Gasteiger partial charge in [0.15, 0.2) is 5.58 Å². The lowest BCUT2D eigenvalue weighted by atomic mass is 10.2. The highest BCUT2D eigenvalue weighted by Gasteiger charge is 2.12. The van der Waals surface area contributed by atoms with Gasteiger partial charge in [0.05, 0.1) is 23.8 Å². The lowest BCUT2D eigenvalue weighted by Crippen LogP contribution is -2.23. The van der Waals surface area contributed by atoms with E-state index in [0.29, 0.717) is 41.3 Å². The maximum Gasteiger partial charge on any atom is 0.419 e. The molecule has 1 amide bonds. The molecule has 2 aromatic heterocycles. The van der Waals surface area contributed by atoms with Crippen molar-refractivity contribution in [2.75, 3.05) is 31.7 Å². The third-order valence-corrected chi connectivity index (χ3v) is 3.91. The Morgan fingerprint density at radius 3 is 2.81 bits per heavy atom. The van der Waals surface area contributed by atoms with Gasteiger partial charge in [-0.1, -0.05) is 0 Å². The van der Waals surface area contributed by atoms with Crippen LogP contribution in [0.5, 0.6) is 0 Å². The topological polar surface area (TPSA) is 106 Å². The molecule has 0 bridgehead atoms. The van der Waals surface area contributed by atoms with E-state index >= 15 is 0 Å². The number of amides is 1. The molecular formula is C18H21N5O3. The fourth-order valence-electron chi connectivity index (χ4n) is 2.56. The molecule has 1 aromatic carbocycles. The van der Waals surface area contributed by atoms with Crippen LogP contribution in [0.3, 0.4) is 0 Å². The molecule has 0 aliphatic carbocycles. The number of carbonyl (C=O) groups excluding carboxylic acids is 1. The molecule has 0 atom stereocenters. The predicted molar refractivity (Wildman–Crippen MR) is 100 cm³/mol. The quantitative estimate of drug-likeness (QED) is 0.691. The Hall–Kier alpha value is -3.13. The second-order valence-corrected chi connectivity index (χ2v) is 6.31. The number of benzene rings is 1. The van der Waals surface area contributed by atoms with E-state index in [-0.39, 0.29) is 12.3 Å². The second kappa shape index (κ2) is 7.40. The zero-order valence-electron chi connectivity index (χ0n) is 14.7. The van der Waals surface area contributed by atoms with Crippen molar-refractivity contribution >= 4 is 28.4 Å². The molecule has 8 heteroatoms. The van der Waals surface area contributed by atoms with Crippen molar-refractivity contribution in [1.29, 1.82) is 0 Å². The van der Waals surface area contributed by atoms with E-state index in [0.717, 1.165) is 0 Å². The number of nitrogens with zero attached hydrogens (tertiary/aromatic N) is 3. The van der Waals surface area contributed by atoms with Crippen molar-refractivity contribution in [2.24, 2.45) is 0 Å². The zero-order chi connectivity index (χ0) is 18.7. The summed E-state index contributed by atoms with van der Waals surface area (Å²) in [6, 6.07) is 8.55. The number of hydrogen-bond acceptors (Lipinski definition) is 6. The second-order valence-electron chi connectivity index (χ2n) is 6.31. The number of fused-ring (bicyclic) bond motifs is 1. The third-order valence-electron chi connectivity index (χ3n) is 3.91. The van der Waals surface area contributed by atoms with Crippen LogP contribution in [0.25, 0.3) is 11.1 Å². The Balaban J connectivity index is 1.77. The first kappa shape index (κ1) is 17.7. The summed E-state index contributed by atoms with van der Waals surface area (Å²) in [5, 5.41) is 2.82. The van der Waals surface area contributed by atoms with Crippen LogP contribution < -0.4 is 16.8 Å². The average molecular weight is 355 g/mol. The molecule has 26 heavy (non-hydrogen) atoms. The van der Waals surface area contributed by atoms with E-state index in [9.17, 15) is 9.59 Å². The summed E-state index contributed by atoms with van der Waals surface area (Å²) in [6.45, 7) is 1.21. The number of nitrogen functional groups attached to an aromatic ring is 1. The number of nitrogens with one attached hydrogen (secondary N) is 1. The molecule has 0 aliphatic heterocycles. The number of nitrogens with two attached hydrogens (primary N) is 1. The van der Waals surface area contributed by atoms with Gasteiger partial charge >= 0.3 is 5.76 Å². The maximum absolute atomic E-state index is 12.2. The van der Waals surface area contributed by atoms with Crippen LogP contribution >= 0.6 is 0 Å². The minimum Gasteiger partial charge on any atom is -0.408 e. The fourth-order valence-corrected chi connectivity index (χ4v) is 2.56. The van der Waals surface area contributed by atoms with Gasteiger partial charge in [-0.3, -0.25) is 14.3 Å². The Bertz CT molecular complexity index is 973. The van der Waals surface area contributed by atoms with Crippen molar-refractivity contribution in [3.63, 3.8) is 0 Å². The Morgan fingerprint density at radius 2 is 2.12 bits per heavy atom. The minimum absolute atomic E-state index is 0.136. The van der Waals surface area contributed by atoms with Gasteiger partial charge in [0.2, 0.25) is 5.91 Å². The van der Waals surface area contributed by atoms with Crippen LogP contribution in [0.1, 0.15) is 5.69 Å². The molecule has 0 aliphatic rings. The van der Waals surface area contributed by atoms with Crippen LogP contribution in [-0.2, 0) is 17.8 Å². The van der Waals surface area contributed by atoms with Gasteiger partial charge in [0, 0.05) is 24.5 Å². The molecule has 0 fully saturated rings. The SMILES string of the molecule is CN(C)CCn1c(=O)oc2ccc(NC(=O)Cc3ccc(N)cn3)cc21. The number of hydrogen-bond donors (Lipinski definition) is 2. The number of oxazole rings is 1. The number of carbonyl (C=O) groups is 1. The summed E-state index contributed by atoms with van der Waals surface area (Å²) in [5.74, 6) is -0.608. The largest absolute Gasteiger partial charge is 0.419 e. The van der Waals surface area contributed by atoms with E-state index < -0.39 is 5.76 Å². The van der Waals surface area contributed by atoms with Crippen LogP contribution in [0.15, 0.2) is 45.7 Å². The summed E-state index contributed by atoms with van der Waals surface area (Å²) in [7, 11) is 3.87. The highest BCUT2D eigenvalue weighted by Crippen LogP contribution is 2.19. The number of aromatic nitrogens is 2. The summed E-state index contributed by atoms with van der Waals surface area (Å²) in [5.41, 5.74) is 8.51. The standard InChI is InChI=1S/C18H21N5O3/c1-22(2)7-8-23-15-9-14(5-6-16(15)26-18(23)25)21-17(24)10-13-4-3-12(19)11-20-13/h3-6,9,11H,7-8,10,19H2,1-2H3,(H,21,24). The Morgan fingerprint density at radius 1 is 1.31 bits per heavy atom. The van der Waals surface area contributed by atoms with Crippen LogP contribution in [0.4, 0.5) is 11.4 Å². The van der Waals surface area contributed by atoms with Crippen molar-refractivity contribution in [3.8, 4) is 0 Å². The first-order chi connectivity index (χ1) is 12.4. The maximum atomic E-state index is 12.2. The molecule has 2 heterocycles. The van der Waals surface area contributed by atoms with Crippen LogP contribution in [0.2, 0.25) is 0 Å². The molecule has 3 rings (SSSR count). The number of anilines is 2. The number of pyridine rings is 1. The van der Waals surface area contributed by atoms with Crippen LogP contribution in [0, 0.1) is 0 Å². The average Bonchev–Trinajstić information content (AvgIpc) is 2.89. The summed E-state index contributed by atoms with van der Waals surface area (Å²) >= 11 is 0. The molecule has 0 saturated heterocycles. The van der Waals surface area contributed by atoms with Gasteiger partial charge in [-0.25, -0.2) is 4.79 Å². The van der Waals surface area contributed by atoms with E-state index in [2.05, 4.69) is 10.3 Å². The van der Waals surface area contributed by atoms with Gasteiger partial charge in [-0.05, 0) is 44.4 Å². The number of likely N-dealkylation sites (N-methyl/N-ethyl adjacent to an activating group) is 1. The summed E-state index contributed by atoms with van der Waals surface area (Å²) in [6.07, 6.45) is 1.65. The Kier molecular flexibility index (Phi) is 5.04. The molecule has 0 radical (unpaired) electrons. The van der Waals surface area contributed by atoms with Gasteiger partial charge in [0.1, 0.15) is 0 Å². The first-order valence-corrected chi connectivity index (χ1v) is 8.21. The highest BCUT2D eigenvalue weighted by atomic mass is 16.4. The highest BCUT2D eigenvalue weighted by molar-refractivity contribution is 5.93. The van der Waals surface area contributed by atoms with Gasteiger partial charge in [-0.15, -0.1) is 0 Å². The van der Waals surface area contributed by atoms with Crippen LogP contribution in [-0.4, -0.2) is 41.0 Å². The monoisotopic (exact) mass is 355 g/mol. The van der Waals surface area contributed by atoms with Crippen molar-refractivity contribution in [3.05, 3.63) is 52.8 Å². The lowest BCUT2D eigenvalue weighted by Gasteiger charge is -2.10. The van der Waals surface area contributed by atoms with E-state index in [1.54, 1.807) is 34.9 Å². The molecule has 8 nitrogen and oxygen atoms in total. The minimum atomic E-state index is -0.406. The molecule has 3 aromatic rings. The van der Waals surface area contributed by atoms with E-state index in [4.69, 9.17) is 10.2 Å². The Labute approximate surface area is 150 Å². The van der Waals surface area contributed by atoms with Gasteiger partial charge in [0.25, 0.3) is 0 Å². The first-order valence-electron chi connectivity index (χ1n) is 8.21. The van der Waals surface area contributed by atoms with Crippen molar-refractivity contribution in [1.82, 2.24) is 14.5 Å². The summed E-state index contributed by atoms with van der Waals surface area (Å²) < 4.78 is 6.81. The van der Waals surface area contributed by atoms with Crippen molar-refractivity contribution in [2.45, 2.75) is 13.0 Å². The normalized spacial score (nSPS) is 11.2. The third kappa shape index (κ3) is 4.09. The lowest BCUT2D eigenvalue weighted by molar-refractivity contribution is -0.115.